The van der Waals surface area contributed by atoms with E-state index < -0.39 is 11.9 Å². The molecular weight excluding hydrogens is 406 g/mol. The molecule has 7 nitrogen and oxygen atoms in total. The highest BCUT2D eigenvalue weighted by molar-refractivity contribution is 6.30. The first-order valence-electron chi connectivity index (χ1n) is 9.23. The molecule has 1 unspecified atom stereocenters. The van der Waals surface area contributed by atoms with Gasteiger partial charge in [-0.05, 0) is 42.0 Å². The van der Waals surface area contributed by atoms with Gasteiger partial charge >= 0.3 is 0 Å². The van der Waals surface area contributed by atoms with Crippen molar-refractivity contribution in [3.05, 3.63) is 88.8 Å². The molecule has 3 aromatic rings. The lowest BCUT2D eigenvalue weighted by Crippen LogP contribution is -2.31. The standard InChI is InChI=1S/C22H18ClN3O4/c23-15-9-7-14(8-10-15)17-12-18(20-6-3-11-29-20)26(25-17)21(27)13-30-19-5-2-1-4-16(19)22(24)28/h1-11,18H,12-13H2,(H2,24,28). The first-order valence-corrected chi connectivity index (χ1v) is 9.61. The van der Waals surface area contributed by atoms with Crippen LogP contribution in [0.3, 0.4) is 0 Å². The molecule has 2 amide bonds. The average Bonchev–Trinajstić information content (AvgIpc) is 3.42. The summed E-state index contributed by atoms with van der Waals surface area (Å²) in [5, 5.41) is 6.50. The molecule has 0 saturated carbocycles. The SMILES string of the molecule is NC(=O)c1ccccc1OCC(=O)N1N=C(c2ccc(Cl)cc2)CC1c1ccco1. The number of halogens is 1. The maximum Gasteiger partial charge on any atom is 0.281 e. The predicted octanol–water partition coefficient (Wildman–Crippen LogP) is 3.79. The number of furan rings is 1. The maximum absolute atomic E-state index is 13.0. The molecule has 0 spiro atoms. The summed E-state index contributed by atoms with van der Waals surface area (Å²) in [6.45, 7) is -0.307. The molecule has 1 aromatic heterocycles. The normalized spacial score (nSPS) is 15.7. The number of nitrogens with zero attached hydrogens (tertiary/aromatic N) is 2. The second kappa shape index (κ2) is 8.42. The van der Waals surface area contributed by atoms with Crippen molar-refractivity contribution >= 4 is 29.1 Å². The van der Waals surface area contributed by atoms with Gasteiger partial charge in [-0.25, -0.2) is 5.01 Å². The Hall–Kier alpha value is -3.58. The number of carbonyl (C=O) groups excluding carboxylic acids is 2. The third kappa shape index (κ3) is 4.06. The molecule has 8 heteroatoms. The Morgan fingerprint density at radius 1 is 1.13 bits per heavy atom. The number of hydrogen-bond donors (Lipinski definition) is 1. The Bertz CT molecular complexity index is 1090. The number of ether oxygens (including phenoxy) is 1. The van der Waals surface area contributed by atoms with Crippen LogP contribution < -0.4 is 10.5 Å². The van der Waals surface area contributed by atoms with Crippen LogP contribution in [0.25, 0.3) is 0 Å². The van der Waals surface area contributed by atoms with Gasteiger partial charge in [0.2, 0.25) is 0 Å². The van der Waals surface area contributed by atoms with Gasteiger partial charge in [0.25, 0.3) is 11.8 Å². The molecule has 2 heterocycles. The quantitative estimate of drug-likeness (QED) is 0.652. The van der Waals surface area contributed by atoms with Crippen molar-refractivity contribution in [2.45, 2.75) is 12.5 Å². The van der Waals surface area contributed by atoms with Crippen molar-refractivity contribution in [3.8, 4) is 5.75 Å². The van der Waals surface area contributed by atoms with Gasteiger partial charge in [-0.15, -0.1) is 0 Å². The van der Waals surface area contributed by atoms with Gasteiger partial charge in [-0.2, -0.15) is 5.10 Å². The van der Waals surface area contributed by atoms with Crippen molar-refractivity contribution in [1.82, 2.24) is 5.01 Å². The second-order valence-corrected chi connectivity index (χ2v) is 7.11. The minimum atomic E-state index is -0.629. The fourth-order valence-electron chi connectivity index (χ4n) is 3.26. The van der Waals surface area contributed by atoms with Crippen LogP contribution in [0.4, 0.5) is 0 Å². The van der Waals surface area contributed by atoms with Crippen LogP contribution in [-0.4, -0.2) is 29.1 Å². The molecule has 0 aliphatic carbocycles. The van der Waals surface area contributed by atoms with E-state index in [1.807, 2.05) is 12.1 Å². The van der Waals surface area contributed by atoms with E-state index in [2.05, 4.69) is 5.10 Å². The lowest BCUT2D eigenvalue weighted by Gasteiger charge is -2.20. The van der Waals surface area contributed by atoms with Crippen molar-refractivity contribution in [1.29, 1.82) is 0 Å². The zero-order valence-corrected chi connectivity index (χ0v) is 16.6. The molecule has 0 saturated heterocycles. The Kier molecular flexibility index (Phi) is 5.54. The molecule has 4 rings (SSSR count). The molecule has 2 aromatic carbocycles. The number of benzene rings is 2. The number of hydrogen-bond acceptors (Lipinski definition) is 5. The van der Waals surface area contributed by atoms with Gasteiger partial charge in [0.05, 0.1) is 17.5 Å². The minimum absolute atomic E-state index is 0.208. The lowest BCUT2D eigenvalue weighted by atomic mass is 10.0. The van der Waals surface area contributed by atoms with Gasteiger partial charge in [-0.3, -0.25) is 9.59 Å². The summed E-state index contributed by atoms with van der Waals surface area (Å²) in [6, 6.07) is 16.9. The monoisotopic (exact) mass is 423 g/mol. The van der Waals surface area contributed by atoms with Crippen LogP contribution in [0.2, 0.25) is 5.02 Å². The van der Waals surface area contributed by atoms with Crippen molar-refractivity contribution in [3.63, 3.8) is 0 Å². The van der Waals surface area contributed by atoms with Crippen LogP contribution in [-0.2, 0) is 4.79 Å². The molecule has 30 heavy (non-hydrogen) atoms. The fraction of sp³-hybridized carbons (Fsp3) is 0.136. The summed E-state index contributed by atoms with van der Waals surface area (Å²) >= 11 is 5.97. The zero-order valence-electron chi connectivity index (χ0n) is 15.8. The topological polar surface area (TPSA) is 98.1 Å². The van der Waals surface area contributed by atoms with E-state index in [9.17, 15) is 9.59 Å². The smallest absolute Gasteiger partial charge is 0.281 e. The summed E-state index contributed by atoms with van der Waals surface area (Å²) in [5.41, 5.74) is 7.17. The van der Waals surface area contributed by atoms with E-state index in [4.69, 9.17) is 26.5 Å². The largest absolute Gasteiger partial charge is 0.483 e. The molecule has 152 valence electrons. The summed E-state index contributed by atoms with van der Waals surface area (Å²) in [6.07, 6.45) is 2.04. The Balaban J connectivity index is 1.56. The van der Waals surface area contributed by atoms with Gasteiger partial charge in [-0.1, -0.05) is 35.9 Å². The highest BCUT2D eigenvalue weighted by Crippen LogP contribution is 2.33. The highest BCUT2D eigenvalue weighted by Gasteiger charge is 2.35. The second-order valence-electron chi connectivity index (χ2n) is 6.68. The Labute approximate surface area is 177 Å². The fourth-order valence-corrected chi connectivity index (χ4v) is 3.39. The van der Waals surface area contributed by atoms with Crippen LogP contribution in [0.5, 0.6) is 5.75 Å². The van der Waals surface area contributed by atoms with Crippen molar-refractivity contribution < 1.29 is 18.7 Å². The Morgan fingerprint density at radius 3 is 2.60 bits per heavy atom. The van der Waals surface area contributed by atoms with Crippen molar-refractivity contribution in [2.75, 3.05) is 6.61 Å². The molecule has 1 atom stereocenters. The van der Waals surface area contributed by atoms with Crippen LogP contribution in [0, 0.1) is 0 Å². The van der Waals surface area contributed by atoms with Gasteiger partial charge in [0.15, 0.2) is 6.61 Å². The van der Waals surface area contributed by atoms with Gasteiger partial charge in [0, 0.05) is 11.4 Å². The summed E-state index contributed by atoms with van der Waals surface area (Å²) < 4.78 is 11.1. The first-order chi connectivity index (χ1) is 14.5. The minimum Gasteiger partial charge on any atom is -0.483 e. The number of hydrazone groups is 1. The maximum atomic E-state index is 13.0. The van der Waals surface area contributed by atoms with E-state index in [0.29, 0.717) is 17.2 Å². The highest BCUT2D eigenvalue weighted by atomic mass is 35.5. The van der Waals surface area contributed by atoms with Gasteiger partial charge in [0.1, 0.15) is 17.6 Å². The van der Waals surface area contributed by atoms with E-state index >= 15 is 0 Å². The molecule has 1 aliphatic heterocycles. The first kappa shape index (κ1) is 19.7. The third-order valence-corrected chi connectivity index (χ3v) is 4.97. The van der Waals surface area contributed by atoms with Crippen LogP contribution in [0.1, 0.15) is 34.1 Å². The number of amides is 2. The molecular formula is C22H18ClN3O4. The molecule has 0 fully saturated rings. The molecule has 2 N–H and O–H groups in total. The van der Waals surface area contributed by atoms with Crippen LogP contribution >= 0.6 is 11.6 Å². The molecule has 0 radical (unpaired) electrons. The third-order valence-electron chi connectivity index (χ3n) is 4.72. The van der Waals surface area contributed by atoms with Gasteiger partial charge < -0.3 is 14.9 Å². The summed E-state index contributed by atoms with van der Waals surface area (Å²) in [4.78, 5) is 24.5. The summed E-state index contributed by atoms with van der Waals surface area (Å²) in [7, 11) is 0. The number of nitrogens with two attached hydrogens (primary N) is 1. The van der Waals surface area contributed by atoms with E-state index in [1.165, 1.54) is 5.01 Å². The molecule has 0 bridgehead atoms. The summed E-state index contributed by atoms with van der Waals surface area (Å²) in [5.74, 6) is -0.141. The number of primary amides is 1. The predicted molar refractivity (Wildman–Crippen MR) is 111 cm³/mol. The van der Waals surface area contributed by atoms with E-state index in [-0.39, 0.29) is 23.8 Å². The average molecular weight is 424 g/mol. The number of rotatable bonds is 6. The lowest BCUT2D eigenvalue weighted by molar-refractivity contribution is -0.135. The van der Waals surface area contributed by atoms with E-state index in [1.54, 1.807) is 54.8 Å². The van der Waals surface area contributed by atoms with Crippen molar-refractivity contribution in [2.24, 2.45) is 10.8 Å². The Morgan fingerprint density at radius 2 is 1.90 bits per heavy atom. The molecule has 1 aliphatic rings. The number of carbonyl (C=O) groups is 2. The van der Waals surface area contributed by atoms with Crippen LogP contribution in [0.15, 0.2) is 76.4 Å². The zero-order chi connectivity index (χ0) is 21.1. The number of para-hydroxylation sites is 1. The van der Waals surface area contributed by atoms with E-state index in [0.717, 1.165) is 11.3 Å².